The Morgan fingerprint density at radius 2 is 1.77 bits per heavy atom. The van der Waals surface area contributed by atoms with E-state index in [4.69, 9.17) is 0 Å². The number of para-hydroxylation sites is 1. The lowest BCUT2D eigenvalue weighted by Gasteiger charge is -2.33. The van der Waals surface area contributed by atoms with Gasteiger partial charge < -0.3 is 10.2 Å². The number of hydrogen-bond donors (Lipinski definition) is 2. The minimum absolute atomic E-state index is 0.0703. The molecule has 1 heterocycles. The first-order chi connectivity index (χ1) is 12.7. The molecule has 0 radical (unpaired) electrons. The molecule has 0 saturated heterocycles. The smallest absolute Gasteiger partial charge is 0.324 e. The Morgan fingerprint density at radius 3 is 2.46 bits per heavy atom. The summed E-state index contributed by atoms with van der Waals surface area (Å²) in [5.74, 6) is 0.0703. The van der Waals surface area contributed by atoms with Crippen molar-refractivity contribution in [1.29, 1.82) is 0 Å². The van der Waals surface area contributed by atoms with E-state index in [0.29, 0.717) is 15.9 Å². The lowest BCUT2D eigenvalue weighted by Crippen LogP contribution is -2.40. The number of rotatable bonds is 5. The van der Waals surface area contributed by atoms with Crippen LogP contribution < -0.4 is 10.6 Å². The quantitative estimate of drug-likeness (QED) is 0.760. The molecule has 1 fully saturated rings. The Hall–Kier alpha value is -2.34. The zero-order valence-corrected chi connectivity index (χ0v) is 15.8. The van der Waals surface area contributed by atoms with E-state index >= 15 is 0 Å². The summed E-state index contributed by atoms with van der Waals surface area (Å²) in [4.78, 5) is 27.6. The fourth-order valence-corrected chi connectivity index (χ4v) is 4.27. The summed E-state index contributed by atoms with van der Waals surface area (Å²) in [6.07, 6.45) is 5.85. The Bertz CT molecular complexity index is 739. The number of carbonyl (C=O) groups is 2. The lowest BCUT2D eigenvalue weighted by atomic mass is 9.94. The number of anilines is 2. The summed E-state index contributed by atoms with van der Waals surface area (Å²) in [5.41, 5.74) is 0.729. The predicted octanol–water partition coefficient (Wildman–Crippen LogP) is 5.19. The monoisotopic (exact) mass is 371 g/mol. The van der Waals surface area contributed by atoms with Gasteiger partial charge in [-0.25, -0.2) is 4.79 Å². The van der Waals surface area contributed by atoms with Crippen LogP contribution in [0.5, 0.6) is 0 Å². The van der Waals surface area contributed by atoms with Crippen molar-refractivity contribution in [3.8, 4) is 0 Å². The molecule has 26 heavy (non-hydrogen) atoms. The van der Waals surface area contributed by atoms with Crippen molar-refractivity contribution in [3.63, 3.8) is 0 Å². The van der Waals surface area contributed by atoms with Crippen molar-refractivity contribution >= 4 is 34.0 Å². The Morgan fingerprint density at radius 1 is 1.04 bits per heavy atom. The van der Waals surface area contributed by atoms with E-state index in [9.17, 15) is 9.59 Å². The van der Waals surface area contributed by atoms with E-state index in [0.717, 1.165) is 25.1 Å². The van der Waals surface area contributed by atoms with Gasteiger partial charge in [0.1, 0.15) is 0 Å². The molecule has 0 bridgehead atoms. The van der Waals surface area contributed by atoms with Crippen molar-refractivity contribution in [2.45, 2.75) is 45.1 Å². The summed E-state index contributed by atoms with van der Waals surface area (Å²) in [6, 6.07) is 12.9. The van der Waals surface area contributed by atoms with Crippen LogP contribution in [0, 0.1) is 0 Å². The molecule has 1 aliphatic carbocycles. The highest BCUT2D eigenvalue weighted by atomic mass is 32.1. The Labute approximate surface area is 158 Å². The van der Waals surface area contributed by atoms with Crippen LogP contribution in [0.1, 0.15) is 48.7 Å². The number of nitrogens with one attached hydrogen (secondary N) is 2. The number of nitrogens with zero attached hydrogens (tertiary/aromatic N) is 1. The van der Waals surface area contributed by atoms with E-state index < -0.39 is 0 Å². The maximum Gasteiger partial charge on any atom is 0.324 e. The summed E-state index contributed by atoms with van der Waals surface area (Å²) in [5, 5.41) is 6.24. The number of amides is 3. The third kappa shape index (κ3) is 4.64. The molecule has 6 heteroatoms. The van der Waals surface area contributed by atoms with Crippen LogP contribution in [-0.2, 0) is 0 Å². The first-order valence-electron chi connectivity index (χ1n) is 9.21. The predicted molar refractivity (Wildman–Crippen MR) is 107 cm³/mol. The minimum atomic E-state index is -0.309. The van der Waals surface area contributed by atoms with Crippen molar-refractivity contribution < 1.29 is 9.59 Å². The highest BCUT2D eigenvalue weighted by Crippen LogP contribution is 2.28. The molecule has 2 aromatic rings. The molecule has 0 spiro atoms. The summed E-state index contributed by atoms with van der Waals surface area (Å²) < 4.78 is 0. The summed E-state index contributed by atoms with van der Waals surface area (Å²) in [7, 11) is 0. The van der Waals surface area contributed by atoms with E-state index in [1.807, 2.05) is 42.2 Å². The van der Waals surface area contributed by atoms with E-state index in [1.54, 1.807) is 12.1 Å². The van der Waals surface area contributed by atoms with Crippen molar-refractivity contribution in [2.24, 2.45) is 0 Å². The molecule has 0 atom stereocenters. The van der Waals surface area contributed by atoms with Crippen LogP contribution in [-0.4, -0.2) is 29.4 Å². The average molecular weight is 372 g/mol. The zero-order valence-electron chi connectivity index (χ0n) is 15.0. The van der Waals surface area contributed by atoms with Gasteiger partial charge in [-0.3, -0.25) is 10.1 Å². The standard InChI is InChI=1S/C20H25N3O2S/c1-2-23(16-11-7-4-8-12-16)19(24)17-13-14-18(26-17)22-20(25)21-15-9-5-3-6-10-15/h3,5-6,9-10,13-14,16H,2,4,7-8,11-12H2,1H3,(H2,21,22,25). The molecule has 3 amide bonds. The SMILES string of the molecule is CCN(C(=O)c1ccc(NC(=O)Nc2ccccc2)s1)C1CCCCC1. The van der Waals surface area contributed by atoms with Crippen LogP contribution in [0.15, 0.2) is 42.5 Å². The van der Waals surface area contributed by atoms with Crippen LogP contribution in [0.2, 0.25) is 0 Å². The van der Waals surface area contributed by atoms with E-state index in [2.05, 4.69) is 10.6 Å². The van der Waals surface area contributed by atoms with Crippen LogP contribution in [0.3, 0.4) is 0 Å². The van der Waals surface area contributed by atoms with Gasteiger partial charge in [-0.2, -0.15) is 0 Å². The molecule has 1 aromatic heterocycles. The first-order valence-corrected chi connectivity index (χ1v) is 10.0. The normalized spacial score (nSPS) is 14.7. The van der Waals surface area contributed by atoms with Gasteiger partial charge in [0.15, 0.2) is 0 Å². The topological polar surface area (TPSA) is 61.4 Å². The highest BCUT2D eigenvalue weighted by Gasteiger charge is 2.26. The number of urea groups is 1. The number of hydrogen-bond acceptors (Lipinski definition) is 3. The van der Waals surface area contributed by atoms with Crippen LogP contribution in [0.4, 0.5) is 15.5 Å². The summed E-state index contributed by atoms with van der Waals surface area (Å²) >= 11 is 1.32. The van der Waals surface area contributed by atoms with Gasteiger partial charge in [0.2, 0.25) is 0 Å². The minimum Gasteiger partial charge on any atom is -0.335 e. The maximum atomic E-state index is 12.9. The second kappa shape index (κ2) is 8.85. The van der Waals surface area contributed by atoms with E-state index in [1.165, 1.54) is 30.6 Å². The van der Waals surface area contributed by atoms with Crippen molar-refractivity contribution in [3.05, 3.63) is 47.3 Å². The fourth-order valence-electron chi connectivity index (χ4n) is 3.42. The second-order valence-corrected chi connectivity index (χ2v) is 7.58. The van der Waals surface area contributed by atoms with Gasteiger partial charge in [-0.05, 0) is 44.0 Å². The molecular formula is C20H25N3O2S. The second-order valence-electron chi connectivity index (χ2n) is 6.49. The molecule has 1 aromatic carbocycles. The third-order valence-corrected chi connectivity index (χ3v) is 5.69. The number of benzene rings is 1. The first kappa shape index (κ1) is 18.5. The molecule has 138 valence electrons. The average Bonchev–Trinajstić information content (AvgIpc) is 3.12. The van der Waals surface area contributed by atoms with Crippen molar-refractivity contribution in [1.82, 2.24) is 4.90 Å². The third-order valence-electron chi connectivity index (χ3n) is 4.70. The lowest BCUT2D eigenvalue weighted by molar-refractivity contribution is 0.0653. The molecule has 1 saturated carbocycles. The van der Waals surface area contributed by atoms with Gasteiger partial charge in [0, 0.05) is 18.3 Å². The van der Waals surface area contributed by atoms with Gasteiger partial charge >= 0.3 is 6.03 Å². The zero-order chi connectivity index (χ0) is 18.4. The van der Waals surface area contributed by atoms with Gasteiger partial charge in [-0.15, -0.1) is 11.3 Å². The fraction of sp³-hybridized carbons (Fsp3) is 0.400. The van der Waals surface area contributed by atoms with Gasteiger partial charge in [0.25, 0.3) is 5.91 Å². The molecule has 0 aliphatic heterocycles. The highest BCUT2D eigenvalue weighted by molar-refractivity contribution is 7.18. The van der Waals surface area contributed by atoms with Crippen molar-refractivity contribution in [2.75, 3.05) is 17.2 Å². The Balaban J connectivity index is 1.61. The molecule has 5 nitrogen and oxygen atoms in total. The van der Waals surface area contributed by atoms with Gasteiger partial charge in [-0.1, -0.05) is 37.5 Å². The molecular weight excluding hydrogens is 346 g/mol. The molecule has 0 unspecified atom stereocenters. The largest absolute Gasteiger partial charge is 0.335 e. The van der Waals surface area contributed by atoms with E-state index in [-0.39, 0.29) is 11.9 Å². The number of thiophene rings is 1. The maximum absolute atomic E-state index is 12.9. The van der Waals surface area contributed by atoms with Crippen LogP contribution in [0.25, 0.3) is 0 Å². The Kier molecular flexibility index (Phi) is 6.28. The van der Waals surface area contributed by atoms with Gasteiger partial charge in [0.05, 0.1) is 9.88 Å². The number of carbonyl (C=O) groups excluding carboxylic acids is 2. The summed E-state index contributed by atoms with van der Waals surface area (Å²) in [6.45, 7) is 2.76. The molecule has 3 rings (SSSR count). The van der Waals surface area contributed by atoms with Crippen LogP contribution >= 0.6 is 11.3 Å². The molecule has 1 aliphatic rings. The molecule has 2 N–H and O–H groups in total.